The van der Waals surface area contributed by atoms with Gasteiger partial charge in [-0.15, -0.1) is 0 Å². The molecule has 19 heavy (non-hydrogen) atoms. The number of sulfone groups is 1. The van der Waals surface area contributed by atoms with Gasteiger partial charge in [-0.05, 0) is 46.5 Å². The number of hydrogen-bond donors (Lipinski definition) is 1. The fraction of sp³-hybridized carbons (Fsp3) is 0.250. The average Bonchev–Trinajstić information content (AvgIpc) is 3.13. The van der Waals surface area contributed by atoms with Gasteiger partial charge in [-0.3, -0.25) is 0 Å². The Morgan fingerprint density at radius 2 is 2.11 bits per heavy atom. The van der Waals surface area contributed by atoms with Crippen LogP contribution >= 0.6 is 15.9 Å². The minimum atomic E-state index is -3.21. The van der Waals surface area contributed by atoms with E-state index in [1.165, 1.54) is 6.20 Å². The SMILES string of the molecule is Nc1oncc1-c1ccc(S(=O)(=O)C2CC2)c(Br)c1. The molecular formula is C12H11BrN2O3S. The predicted molar refractivity (Wildman–Crippen MR) is 74.3 cm³/mol. The number of anilines is 1. The maximum Gasteiger partial charge on any atom is 0.229 e. The molecule has 1 aliphatic rings. The molecule has 1 aromatic heterocycles. The third-order valence-corrected chi connectivity index (χ3v) is 6.35. The second-order valence-electron chi connectivity index (χ2n) is 4.49. The molecule has 1 saturated carbocycles. The van der Waals surface area contributed by atoms with Gasteiger partial charge in [-0.25, -0.2) is 8.42 Å². The van der Waals surface area contributed by atoms with Gasteiger partial charge < -0.3 is 10.3 Å². The number of nitrogens with two attached hydrogens (primary N) is 1. The molecule has 0 bridgehead atoms. The number of rotatable bonds is 3. The molecule has 2 aromatic rings. The zero-order chi connectivity index (χ0) is 13.6. The van der Waals surface area contributed by atoms with Crippen LogP contribution in [0.25, 0.3) is 11.1 Å². The van der Waals surface area contributed by atoms with E-state index in [0.29, 0.717) is 14.9 Å². The van der Waals surface area contributed by atoms with Crippen molar-refractivity contribution < 1.29 is 12.9 Å². The standard InChI is InChI=1S/C12H11BrN2O3S/c13-10-5-7(9-6-15-18-12(9)14)1-4-11(10)19(16,17)8-2-3-8/h1,4-6,8H,2-3,14H2. The van der Waals surface area contributed by atoms with Gasteiger partial charge in [0.2, 0.25) is 5.88 Å². The van der Waals surface area contributed by atoms with Gasteiger partial charge in [0.1, 0.15) is 0 Å². The number of benzene rings is 1. The summed E-state index contributed by atoms with van der Waals surface area (Å²) in [5.41, 5.74) is 7.06. The van der Waals surface area contributed by atoms with E-state index in [1.54, 1.807) is 18.2 Å². The second-order valence-corrected chi connectivity index (χ2v) is 7.54. The molecule has 0 spiro atoms. The van der Waals surface area contributed by atoms with Crippen molar-refractivity contribution in [3.8, 4) is 11.1 Å². The van der Waals surface area contributed by atoms with Crippen LogP contribution in [0.5, 0.6) is 0 Å². The van der Waals surface area contributed by atoms with E-state index in [2.05, 4.69) is 21.1 Å². The molecule has 5 nitrogen and oxygen atoms in total. The number of hydrogen-bond acceptors (Lipinski definition) is 5. The minimum Gasteiger partial charge on any atom is -0.367 e. The molecule has 0 aliphatic heterocycles. The van der Waals surface area contributed by atoms with E-state index in [1.807, 2.05) is 0 Å². The van der Waals surface area contributed by atoms with Gasteiger partial charge in [0.15, 0.2) is 9.84 Å². The molecule has 2 N–H and O–H groups in total. The van der Waals surface area contributed by atoms with Crippen LogP contribution in [0.2, 0.25) is 0 Å². The van der Waals surface area contributed by atoms with Crippen LogP contribution < -0.4 is 5.73 Å². The van der Waals surface area contributed by atoms with E-state index in [0.717, 1.165) is 18.4 Å². The summed E-state index contributed by atoms with van der Waals surface area (Å²) in [6.45, 7) is 0. The van der Waals surface area contributed by atoms with Crippen molar-refractivity contribution in [3.05, 3.63) is 28.9 Å². The highest BCUT2D eigenvalue weighted by Gasteiger charge is 2.37. The molecule has 1 fully saturated rings. The number of halogens is 1. The van der Waals surface area contributed by atoms with Crippen molar-refractivity contribution >= 4 is 31.7 Å². The fourth-order valence-electron chi connectivity index (χ4n) is 1.92. The van der Waals surface area contributed by atoms with E-state index in [9.17, 15) is 8.42 Å². The topological polar surface area (TPSA) is 86.2 Å². The Kier molecular flexibility index (Phi) is 2.90. The van der Waals surface area contributed by atoms with Gasteiger partial charge in [0.25, 0.3) is 0 Å². The normalized spacial score (nSPS) is 15.6. The van der Waals surface area contributed by atoms with Gasteiger partial charge in [0.05, 0.1) is 21.9 Å². The first-order chi connectivity index (χ1) is 9.00. The highest BCUT2D eigenvalue weighted by atomic mass is 79.9. The molecule has 3 rings (SSSR count). The largest absolute Gasteiger partial charge is 0.367 e. The van der Waals surface area contributed by atoms with E-state index >= 15 is 0 Å². The predicted octanol–water partition coefficient (Wildman–Crippen LogP) is 2.62. The molecule has 1 aromatic carbocycles. The zero-order valence-electron chi connectivity index (χ0n) is 9.84. The Bertz CT molecular complexity index is 735. The Morgan fingerprint density at radius 1 is 1.37 bits per heavy atom. The zero-order valence-corrected chi connectivity index (χ0v) is 12.2. The van der Waals surface area contributed by atoms with Crippen molar-refractivity contribution in [2.45, 2.75) is 23.0 Å². The van der Waals surface area contributed by atoms with E-state index in [4.69, 9.17) is 10.3 Å². The van der Waals surface area contributed by atoms with Crippen LogP contribution in [0.4, 0.5) is 5.88 Å². The summed E-state index contributed by atoms with van der Waals surface area (Å²) in [6.07, 6.45) is 3.00. The first kappa shape index (κ1) is 12.7. The lowest BCUT2D eigenvalue weighted by atomic mass is 10.1. The second kappa shape index (κ2) is 4.35. The van der Waals surface area contributed by atoms with E-state index in [-0.39, 0.29) is 11.1 Å². The lowest BCUT2D eigenvalue weighted by molar-refractivity contribution is 0.436. The van der Waals surface area contributed by atoms with Gasteiger partial charge in [0, 0.05) is 4.47 Å². The van der Waals surface area contributed by atoms with Crippen molar-refractivity contribution in [1.29, 1.82) is 0 Å². The Balaban J connectivity index is 2.06. The van der Waals surface area contributed by atoms with Crippen LogP contribution in [0.3, 0.4) is 0 Å². The highest BCUT2D eigenvalue weighted by Crippen LogP contribution is 2.38. The summed E-state index contributed by atoms with van der Waals surface area (Å²) >= 11 is 3.32. The van der Waals surface area contributed by atoms with Crippen LogP contribution in [-0.4, -0.2) is 18.8 Å². The highest BCUT2D eigenvalue weighted by molar-refractivity contribution is 9.10. The fourth-order valence-corrected chi connectivity index (χ4v) is 4.68. The molecule has 100 valence electrons. The summed E-state index contributed by atoms with van der Waals surface area (Å²) in [7, 11) is -3.21. The maximum absolute atomic E-state index is 12.2. The Hall–Kier alpha value is -1.34. The smallest absolute Gasteiger partial charge is 0.229 e. The lowest BCUT2D eigenvalue weighted by Gasteiger charge is -2.07. The van der Waals surface area contributed by atoms with Crippen molar-refractivity contribution in [1.82, 2.24) is 5.16 Å². The number of aromatic nitrogens is 1. The van der Waals surface area contributed by atoms with E-state index < -0.39 is 9.84 Å². The molecule has 0 atom stereocenters. The maximum atomic E-state index is 12.2. The summed E-state index contributed by atoms with van der Waals surface area (Å²) < 4.78 is 29.7. The number of nitrogens with zero attached hydrogens (tertiary/aromatic N) is 1. The molecule has 0 unspecified atom stereocenters. The molecule has 0 amide bonds. The molecule has 1 heterocycles. The van der Waals surface area contributed by atoms with Crippen LogP contribution in [0, 0.1) is 0 Å². The van der Waals surface area contributed by atoms with Crippen molar-refractivity contribution in [2.75, 3.05) is 5.73 Å². The summed E-state index contributed by atoms with van der Waals surface area (Å²) in [5.74, 6) is 0.213. The van der Waals surface area contributed by atoms with Crippen molar-refractivity contribution in [3.63, 3.8) is 0 Å². The third kappa shape index (κ3) is 2.17. The lowest BCUT2D eigenvalue weighted by Crippen LogP contribution is -2.07. The minimum absolute atomic E-state index is 0.213. The molecule has 1 aliphatic carbocycles. The molecule has 0 radical (unpaired) electrons. The number of nitrogen functional groups attached to an aromatic ring is 1. The van der Waals surface area contributed by atoms with Gasteiger partial charge >= 0.3 is 0 Å². The van der Waals surface area contributed by atoms with Gasteiger partial charge in [-0.1, -0.05) is 11.2 Å². The average molecular weight is 343 g/mol. The monoisotopic (exact) mass is 342 g/mol. The van der Waals surface area contributed by atoms with Crippen molar-refractivity contribution in [2.24, 2.45) is 0 Å². The van der Waals surface area contributed by atoms with Gasteiger partial charge in [-0.2, -0.15) is 0 Å². The third-order valence-electron chi connectivity index (χ3n) is 3.11. The van der Waals surface area contributed by atoms with Crippen LogP contribution in [0.1, 0.15) is 12.8 Å². The Morgan fingerprint density at radius 3 is 2.63 bits per heavy atom. The van der Waals surface area contributed by atoms with Crippen LogP contribution in [-0.2, 0) is 9.84 Å². The first-order valence-electron chi connectivity index (χ1n) is 5.74. The quantitative estimate of drug-likeness (QED) is 0.926. The summed E-state index contributed by atoms with van der Waals surface area (Å²) in [6, 6.07) is 5.03. The first-order valence-corrected chi connectivity index (χ1v) is 8.08. The summed E-state index contributed by atoms with van der Waals surface area (Å²) in [4.78, 5) is 0.328. The summed E-state index contributed by atoms with van der Waals surface area (Å²) in [5, 5.41) is 3.38. The van der Waals surface area contributed by atoms with Crippen LogP contribution in [0.15, 0.2) is 38.3 Å². The Labute approximate surface area is 118 Å². The molecule has 0 saturated heterocycles. The molecule has 7 heteroatoms. The molecular weight excluding hydrogens is 332 g/mol.